The van der Waals surface area contributed by atoms with Crippen molar-refractivity contribution in [3.05, 3.63) is 243 Å². The summed E-state index contributed by atoms with van der Waals surface area (Å²) in [6, 6.07) is 82.8. The Labute approximate surface area is 403 Å². The summed E-state index contributed by atoms with van der Waals surface area (Å²) in [6.07, 6.45) is 3.67. The predicted octanol–water partition coefficient (Wildman–Crippen LogP) is 17.3. The summed E-state index contributed by atoms with van der Waals surface area (Å²) < 4.78 is 0. The normalized spacial score (nSPS) is 11.7. The van der Waals surface area contributed by atoms with Crippen molar-refractivity contribution >= 4 is 75.5 Å². The van der Waals surface area contributed by atoms with E-state index in [1.807, 2.05) is 48.8 Å². The average Bonchev–Trinajstić information content (AvgIpc) is 3.45. The third-order valence-electron chi connectivity index (χ3n) is 14.2. The molecular weight excluding hydrogens is 849 g/mol. The highest BCUT2D eigenvalue weighted by atomic mass is 14.9. The summed E-state index contributed by atoms with van der Waals surface area (Å²) in [5.41, 5.74) is 11.9. The number of hydrogen-bond donors (Lipinski definition) is 0. The summed E-state index contributed by atoms with van der Waals surface area (Å²) in [5.74, 6) is 0.652. The lowest BCUT2D eigenvalue weighted by Gasteiger charge is -2.17. The molecule has 0 aliphatic heterocycles. The first-order valence-electron chi connectivity index (χ1n) is 23.8. The highest BCUT2D eigenvalue weighted by molar-refractivity contribution is 6.27. The van der Waals surface area contributed by atoms with Gasteiger partial charge in [-0.3, -0.25) is 9.97 Å². The third kappa shape index (κ3) is 6.53. The van der Waals surface area contributed by atoms with E-state index in [1.54, 1.807) is 0 Å². The molecule has 14 rings (SSSR count). The third-order valence-corrected chi connectivity index (χ3v) is 14.2. The van der Waals surface area contributed by atoms with Gasteiger partial charge in [0.05, 0.1) is 22.6 Å². The Morgan fingerprint density at radius 2 is 0.600 bits per heavy atom. The maximum absolute atomic E-state index is 5.59. The molecule has 0 spiro atoms. The van der Waals surface area contributed by atoms with Crippen molar-refractivity contribution in [1.82, 2.24) is 19.9 Å². The van der Waals surface area contributed by atoms with E-state index in [1.165, 1.54) is 64.6 Å². The molecule has 0 atom stereocenters. The van der Waals surface area contributed by atoms with E-state index < -0.39 is 0 Å². The fourth-order valence-corrected chi connectivity index (χ4v) is 10.8. The molecule has 3 aromatic heterocycles. The van der Waals surface area contributed by atoms with Crippen molar-refractivity contribution in [2.45, 2.75) is 0 Å². The second kappa shape index (κ2) is 16.2. The van der Waals surface area contributed by atoms with E-state index in [0.29, 0.717) is 5.82 Å². The summed E-state index contributed by atoms with van der Waals surface area (Å²) in [4.78, 5) is 20.4. The molecule has 4 heteroatoms. The molecule has 0 saturated carbocycles. The number of aromatic nitrogens is 4. The first kappa shape index (κ1) is 39.8. The van der Waals surface area contributed by atoms with Gasteiger partial charge in [-0.05, 0) is 130 Å². The molecule has 4 nitrogen and oxygen atoms in total. The first-order chi connectivity index (χ1) is 34.7. The molecule has 0 radical (unpaired) electrons. The van der Waals surface area contributed by atoms with Crippen LogP contribution in [0, 0.1) is 0 Å². The topological polar surface area (TPSA) is 51.6 Å². The minimum atomic E-state index is 0.652. The van der Waals surface area contributed by atoms with E-state index in [4.69, 9.17) is 9.97 Å². The van der Waals surface area contributed by atoms with Crippen LogP contribution in [0.5, 0.6) is 0 Å². The van der Waals surface area contributed by atoms with Gasteiger partial charge in [-0.15, -0.1) is 0 Å². The molecule has 0 amide bonds. The highest BCUT2D eigenvalue weighted by Crippen LogP contribution is 2.44. The van der Waals surface area contributed by atoms with Crippen LogP contribution in [0.4, 0.5) is 0 Å². The largest absolute Gasteiger partial charge is 0.256 e. The zero-order chi connectivity index (χ0) is 46.1. The van der Waals surface area contributed by atoms with Crippen LogP contribution < -0.4 is 0 Å². The second-order valence-electron chi connectivity index (χ2n) is 18.1. The van der Waals surface area contributed by atoms with E-state index in [9.17, 15) is 0 Å². The molecular formula is C66H40N4. The van der Waals surface area contributed by atoms with E-state index >= 15 is 0 Å². The number of benzene rings is 11. The summed E-state index contributed by atoms with van der Waals surface area (Å²) in [5, 5.41) is 15.8. The lowest BCUT2D eigenvalue weighted by molar-refractivity contribution is 1.23. The van der Waals surface area contributed by atoms with Crippen LogP contribution in [0.15, 0.2) is 243 Å². The van der Waals surface area contributed by atoms with Gasteiger partial charge in [0.25, 0.3) is 0 Å². The van der Waals surface area contributed by atoms with Crippen LogP contribution in [0.1, 0.15) is 0 Å². The summed E-state index contributed by atoms with van der Waals surface area (Å²) >= 11 is 0. The molecule has 0 unspecified atom stereocenters. The molecule has 3 heterocycles. The Kier molecular flexibility index (Phi) is 9.17. The van der Waals surface area contributed by atoms with Crippen molar-refractivity contribution in [1.29, 1.82) is 0 Å². The van der Waals surface area contributed by atoms with Gasteiger partial charge in [0.2, 0.25) is 0 Å². The monoisotopic (exact) mass is 888 g/mol. The number of nitrogens with zero attached hydrogens (tertiary/aromatic N) is 4. The zero-order valence-corrected chi connectivity index (χ0v) is 37.9. The Balaban J connectivity index is 1.06. The number of fused-ring (bicyclic) bond motifs is 13. The Morgan fingerprint density at radius 1 is 0.229 bits per heavy atom. The van der Waals surface area contributed by atoms with Gasteiger partial charge in [-0.1, -0.05) is 182 Å². The van der Waals surface area contributed by atoms with E-state index in [-0.39, 0.29) is 0 Å². The predicted molar refractivity (Wildman–Crippen MR) is 293 cm³/mol. The lowest BCUT2D eigenvalue weighted by atomic mass is 9.88. The van der Waals surface area contributed by atoms with Crippen LogP contribution in [0.3, 0.4) is 0 Å². The van der Waals surface area contributed by atoms with E-state index in [2.05, 4.69) is 204 Å². The molecule has 0 aliphatic rings. The van der Waals surface area contributed by atoms with Crippen LogP contribution in [-0.2, 0) is 0 Å². The molecule has 0 saturated heterocycles. The molecule has 0 bridgehead atoms. The van der Waals surface area contributed by atoms with Gasteiger partial charge in [0, 0.05) is 45.6 Å². The van der Waals surface area contributed by atoms with Crippen molar-refractivity contribution in [2.24, 2.45) is 0 Å². The Hall–Kier alpha value is -9.38. The van der Waals surface area contributed by atoms with Crippen LogP contribution >= 0.6 is 0 Å². The maximum Gasteiger partial charge on any atom is 0.160 e. The second-order valence-corrected chi connectivity index (χ2v) is 18.1. The minimum Gasteiger partial charge on any atom is -0.256 e. The van der Waals surface area contributed by atoms with Gasteiger partial charge in [-0.25, -0.2) is 9.97 Å². The lowest BCUT2D eigenvalue weighted by Crippen LogP contribution is -1.98. The quantitative estimate of drug-likeness (QED) is 0.156. The molecule has 70 heavy (non-hydrogen) atoms. The minimum absolute atomic E-state index is 0.652. The van der Waals surface area contributed by atoms with Gasteiger partial charge in [0.15, 0.2) is 5.82 Å². The molecule has 0 aliphatic carbocycles. The molecule has 324 valence electrons. The Morgan fingerprint density at radius 3 is 1.07 bits per heavy atom. The fourth-order valence-electron chi connectivity index (χ4n) is 10.8. The smallest absolute Gasteiger partial charge is 0.160 e. The van der Waals surface area contributed by atoms with E-state index in [0.717, 1.165) is 72.5 Å². The van der Waals surface area contributed by atoms with Crippen LogP contribution in [0.2, 0.25) is 0 Å². The average molecular weight is 889 g/mol. The van der Waals surface area contributed by atoms with Crippen molar-refractivity contribution < 1.29 is 0 Å². The Bertz CT molecular complexity index is 4310. The molecule has 14 aromatic rings. The number of hydrogen-bond acceptors (Lipinski definition) is 4. The standard InChI is InChI=1S/C66H40N4/c1-3-17-52-48(13-1)50-15-5-7-19-54(50)59-37-45(31-33-56(52)59)47-39-58(46-32-34-57-53-18-4-2-14-49(53)51-16-6-8-20-55(51)60(57)38-46)65-61(40-47)64(43-27-23-41(24-28-43)62-21-9-11-35-67-62)69-66(70-65)44-29-25-42(26-30-44)63-22-10-12-36-68-63/h1-40H. The molecule has 11 aromatic carbocycles. The fraction of sp³-hybridized carbons (Fsp3) is 0. The molecule has 0 N–H and O–H groups in total. The van der Waals surface area contributed by atoms with Gasteiger partial charge >= 0.3 is 0 Å². The number of pyridine rings is 2. The van der Waals surface area contributed by atoms with Gasteiger partial charge < -0.3 is 0 Å². The van der Waals surface area contributed by atoms with Crippen LogP contribution in [-0.4, -0.2) is 19.9 Å². The summed E-state index contributed by atoms with van der Waals surface area (Å²) in [6.45, 7) is 0. The summed E-state index contributed by atoms with van der Waals surface area (Å²) in [7, 11) is 0. The highest BCUT2D eigenvalue weighted by Gasteiger charge is 2.20. The number of rotatable bonds is 6. The van der Waals surface area contributed by atoms with Gasteiger partial charge in [0.1, 0.15) is 0 Å². The van der Waals surface area contributed by atoms with Crippen molar-refractivity contribution in [3.8, 4) is 67.4 Å². The maximum atomic E-state index is 5.59. The van der Waals surface area contributed by atoms with Crippen molar-refractivity contribution in [3.63, 3.8) is 0 Å². The van der Waals surface area contributed by atoms with Crippen molar-refractivity contribution in [2.75, 3.05) is 0 Å². The van der Waals surface area contributed by atoms with Crippen LogP contribution in [0.25, 0.3) is 143 Å². The molecule has 0 fully saturated rings. The SMILES string of the molecule is c1ccc(-c2ccc(-c3nc(-c4ccc(-c5ccccn5)cc4)c4cc(-c5ccc6c7ccccc7c7ccccc7c6c5)cc(-c5ccc6c7ccccc7c7ccccc7c6c5)c4n3)cc2)nc1. The zero-order valence-electron chi connectivity index (χ0n) is 37.9. The first-order valence-corrected chi connectivity index (χ1v) is 23.8. The van der Waals surface area contributed by atoms with Gasteiger partial charge in [-0.2, -0.15) is 0 Å².